The lowest BCUT2D eigenvalue weighted by Crippen LogP contribution is -2.43. The molecule has 1 atom stereocenters. The van der Waals surface area contributed by atoms with Crippen molar-refractivity contribution in [2.24, 2.45) is 5.92 Å². The van der Waals surface area contributed by atoms with Gasteiger partial charge in [0.1, 0.15) is 0 Å². The quantitative estimate of drug-likeness (QED) is 0.839. The Kier molecular flexibility index (Phi) is 5.90. The lowest BCUT2D eigenvalue weighted by atomic mass is 9.99. The van der Waals surface area contributed by atoms with Crippen molar-refractivity contribution in [2.75, 3.05) is 25.9 Å². The molecule has 122 valence electrons. The molecule has 2 rings (SSSR count). The first-order valence-electron chi connectivity index (χ1n) is 7.56. The summed E-state index contributed by atoms with van der Waals surface area (Å²) in [5.74, 6) is 0.210. The van der Waals surface area contributed by atoms with Gasteiger partial charge in [0, 0.05) is 38.4 Å². The second-order valence-electron chi connectivity index (χ2n) is 5.79. The van der Waals surface area contributed by atoms with Gasteiger partial charge in [0.05, 0.1) is 6.26 Å². The molecule has 0 spiro atoms. The summed E-state index contributed by atoms with van der Waals surface area (Å²) in [5.41, 5.74) is 1.09. The molecule has 0 bridgehead atoms. The number of nitrogens with zero attached hydrogens (tertiary/aromatic N) is 2. The summed E-state index contributed by atoms with van der Waals surface area (Å²) in [4.78, 5) is 15.8. The van der Waals surface area contributed by atoms with Gasteiger partial charge in [-0.1, -0.05) is 0 Å². The minimum atomic E-state index is -3.13. The van der Waals surface area contributed by atoms with Crippen LogP contribution in [0.3, 0.4) is 0 Å². The standard InChI is InChI=1S/C15H23N3O3S/c1-22(20,21)18-10-2-3-14(12-18)11-17-15(19)5-4-13-6-8-16-9-7-13/h6-9,14H,2-5,10-12H2,1H3,(H,17,19)/t14-/m0/s1. The van der Waals surface area contributed by atoms with E-state index in [1.54, 1.807) is 12.4 Å². The SMILES string of the molecule is CS(=O)(=O)N1CCC[C@@H](CNC(=O)CCc2ccncc2)C1. The van der Waals surface area contributed by atoms with E-state index in [9.17, 15) is 13.2 Å². The third-order valence-electron chi connectivity index (χ3n) is 3.93. The molecule has 0 aromatic carbocycles. The molecule has 1 aliphatic heterocycles. The number of carbonyl (C=O) groups is 1. The molecule has 0 saturated carbocycles. The van der Waals surface area contributed by atoms with Crippen molar-refractivity contribution in [3.05, 3.63) is 30.1 Å². The smallest absolute Gasteiger partial charge is 0.220 e. The third kappa shape index (κ3) is 5.38. The summed E-state index contributed by atoms with van der Waals surface area (Å²) < 4.78 is 24.6. The first-order valence-corrected chi connectivity index (χ1v) is 9.40. The van der Waals surface area contributed by atoms with E-state index in [1.807, 2.05) is 12.1 Å². The van der Waals surface area contributed by atoms with Gasteiger partial charge in [-0.2, -0.15) is 0 Å². The van der Waals surface area contributed by atoms with E-state index in [2.05, 4.69) is 10.3 Å². The maximum absolute atomic E-state index is 11.9. The van der Waals surface area contributed by atoms with E-state index in [4.69, 9.17) is 0 Å². The van der Waals surface area contributed by atoms with Crippen molar-refractivity contribution in [3.8, 4) is 0 Å². The van der Waals surface area contributed by atoms with Crippen LogP contribution in [0.2, 0.25) is 0 Å². The van der Waals surface area contributed by atoms with E-state index in [-0.39, 0.29) is 11.8 Å². The highest BCUT2D eigenvalue weighted by Crippen LogP contribution is 2.17. The zero-order valence-electron chi connectivity index (χ0n) is 12.9. The van der Waals surface area contributed by atoms with Crippen LogP contribution in [0.5, 0.6) is 0 Å². The van der Waals surface area contributed by atoms with Crippen molar-refractivity contribution in [1.82, 2.24) is 14.6 Å². The Balaban J connectivity index is 1.72. The van der Waals surface area contributed by atoms with Gasteiger partial charge in [-0.25, -0.2) is 12.7 Å². The number of aryl methyl sites for hydroxylation is 1. The number of hydrogen-bond donors (Lipinski definition) is 1. The van der Waals surface area contributed by atoms with Crippen LogP contribution in [-0.2, 0) is 21.2 Å². The molecule has 1 aromatic heterocycles. The fourth-order valence-corrected chi connectivity index (χ4v) is 3.59. The lowest BCUT2D eigenvalue weighted by molar-refractivity contribution is -0.121. The Morgan fingerprint density at radius 1 is 1.41 bits per heavy atom. The molecule has 0 aliphatic carbocycles. The number of nitrogens with one attached hydrogen (secondary N) is 1. The number of hydrogen-bond acceptors (Lipinski definition) is 4. The van der Waals surface area contributed by atoms with Crippen molar-refractivity contribution in [3.63, 3.8) is 0 Å². The Hall–Kier alpha value is -1.47. The van der Waals surface area contributed by atoms with Gasteiger partial charge in [0.25, 0.3) is 0 Å². The van der Waals surface area contributed by atoms with Gasteiger partial charge in [0.15, 0.2) is 0 Å². The largest absolute Gasteiger partial charge is 0.356 e. The minimum Gasteiger partial charge on any atom is -0.356 e. The van der Waals surface area contributed by atoms with E-state index in [0.717, 1.165) is 18.4 Å². The number of sulfonamides is 1. The van der Waals surface area contributed by atoms with Crippen molar-refractivity contribution >= 4 is 15.9 Å². The number of amides is 1. The molecule has 22 heavy (non-hydrogen) atoms. The van der Waals surface area contributed by atoms with Crippen LogP contribution in [0.1, 0.15) is 24.8 Å². The van der Waals surface area contributed by atoms with Crippen LogP contribution in [-0.4, -0.2) is 49.5 Å². The monoisotopic (exact) mass is 325 g/mol. The highest BCUT2D eigenvalue weighted by Gasteiger charge is 2.25. The molecule has 0 radical (unpaired) electrons. The summed E-state index contributed by atoms with van der Waals surface area (Å²) in [7, 11) is -3.13. The molecular formula is C15H23N3O3S. The zero-order chi connectivity index (χ0) is 16.0. The average Bonchev–Trinajstić information content (AvgIpc) is 2.51. The van der Waals surface area contributed by atoms with Gasteiger partial charge in [-0.3, -0.25) is 9.78 Å². The molecule has 1 amide bonds. The molecule has 2 heterocycles. The van der Waals surface area contributed by atoms with Gasteiger partial charge < -0.3 is 5.32 Å². The lowest BCUT2D eigenvalue weighted by Gasteiger charge is -2.30. The van der Waals surface area contributed by atoms with Gasteiger partial charge in [-0.05, 0) is 42.9 Å². The Morgan fingerprint density at radius 3 is 2.82 bits per heavy atom. The van der Waals surface area contributed by atoms with Crippen LogP contribution in [0.15, 0.2) is 24.5 Å². The topological polar surface area (TPSA) is 79.4 Å². The number of aromatic nitrogens is 1. The van der Waals surface area contributed by atoms with Crippen LogP contribution < -0.4 is 5.32 Å². The highest BCUT2D eigenvalue weighted by atomic mass is 32.2. The molecule has 1 saturated heterocycles. The molecule has 7 heteroatoms. The first-order chi connectivity index (χ1) is 10.4. The molecule has 6 nitrogen and oxygen atoms in total. The fraction of sp³-hybridized carbons (Fsp3) is 0.600. The molecule has 1 N–H and O–H groups in total. The van der Waals surface area contributed by atoms with Crippen LogP contribution in [0, 0.1) is 5.92 Å². The van der Waals surface area contributed by atoms with Crippen LogP contribution >= 0.6 is 0 Å². The van der Waals surface area contributed by atoms with E-state index >= 15 is 0 Å². The van der Waals surface area contributed by atoms with E-state index < -0.39 is 10.0 Å². The number of carbonyl (C=O) groups excluding carboxylic acids is 1. The Labute approximate surface area is 132 Å². The summed E-state index contributed by atoms with van der Waals surface area (Å²) >= 11 is 0. The zero-order valence-corrected chi connectivity index (χ0v) is 13.7. The fourth-order valence-electron chi connectivity index (χ4n) is 2.65. The second kappa shape index (κ2) is 7.69. The van der Waals surface area contributed by atoms with Crippen molar-refractivity contribution in [2.45, 2.75) is 25.7 Å². The van der Waals surface area contributed by atoms with E-state index in [1.165, 1.54) is 10.6 Å². The molecular weight excluding hydrogens is 302 g/mol. The van der Waals surface area contributed by atoms with E-state index in [0.29, 0.717) is 32.5 Å². The number of piperidine rings is 1. The Bertz CT molecular complexity index is 589. The highest BCUT2D eigenvalue weighted by molar-refractivity contribution is 7.88. The Morgan fingerprint density at radius 2 is 2.14 bits per heavy atom. The average molecular weight is 325 g/mol. The predicted molar refractivity (Wildman–Crippen MR) is 84.7 cm³/mol. The van der Waals surface area contributed by atoms with Gasteiger partial charge in [0.2, 0.25) is 15.9 Å². The summed E-state index contributed by atoms with van der Waals surface area (Å²) in [6, 6.07) is 3.80. The summed E-state index contributed by atoms with van der Waals surface area (Å²) in [5, 5.41) is 2.92. The molecule has 1 aromatic rings. The van der Waals surface area contributed by atoms with Crippen LogP contribution in [0.25, 0.3) is 0 Å². The second-order valence-corrected chi connectivity index (χ2v) is 7.77. The van der Waals surface area contributed by atoms with Crippen molar-refractivity contribution < 1.29 is 13.2 Å². The molecule has 0 unspecified atom stereocenters. The molecule has 1 fully saturated rings. The van der Waals surface area contributed by atoms with Gasteiger partial charge >= 0.3 is 0 Å². The van der Waals surface area contributed by atoms with Crippen molar-refractivity contribution in [1.29, 1.82) is 0 Å². The number of pyridine rings is 1. The summed E-state index contributed by atoms with van der Waals surface area (Å²) in [6.07, 6.45) is 7.61. The predicted octanol–water partition coefficient (Wildman–Crippen LogP) is 0.802. The summed E-state index contributed by atoms with van der Waals surface area (Å²) in [6.45, 7) is 1.63. The van der Waals surface area contributed by atoms with Crippen LogP contribution in [0.4, 0.5) is 0 Å². The minimum absolute atomic E-state index is 0.00768. The molecule has 1 aliphatic rings. The van der Waals surface area contributed by atoms with Gasteiger partial charge in [-0.15, -0.1) is 0 Å². The first kappa shape index (κ1) is 16.9. The number of rotatable bonds is 6. The normalized spacial score (nSPS) is 19.8. The maximum Gasteiger partial charge on any atom is 0.220 e. The third-order valence-corrected chi connectivity index (χ3v) is 5.20. The maximum atomic E-state index is 11.9.